The highest BCUT2D eigenvalue weighted by atomic mass is 15.2. The van der Waals surface area contributed by atoms with Gasteiger partial charge in [0.05, 0.1) is 5.52 Å². The molecular formula is C17H23N3. The molecule has 2 atom stereocenters. The van der Waals surface area contributed by atoms with Crippen molar-refractivity contribution in [2.24, 2.45) is 5.73 Å². The van der Waals surface area contributed by atoms with Crippen molar-refractivity contribution >= 4 is 16.7 Å². The Labute approximate surface area is 120 Å². The lowest BCUT2D eigenvalue weighted by atomic mass is 9.90. The maximum atomic E-state index is 6.31. The van der Waals surface area contributed by atoms with E-state index in [9.17, 15) is 0 Å². The minimum absolute atomic E-state index is 0.265. The minimum Gasteiger partial charge on any atom is -0.355 e. The van der Waals surface area contributed by atoms with E-state index in [-0.39, 0.29) is 6.04 Å². The van der Waals surface area contributed by atoms with Crippen LogP contribution in [0.3, 0.4) is 0 Å². The van der Waals surface area contributed by atoms with E-state index < -0.39 is 0 Å². The van der Waals surface area contributed by atoms with Crippen molar-refractivity contribution < 1.29 is 0 Å². The molecule has 0 amide bonds. The van der Waals surface area contributed by atoms with Gasteiger partial charge in [0.15, 0.2) is 0 Å². The lowest BCUT2D eigenvalue weighted by Gasteiger charge is -2.37. The van der Waals surface area contributed by atoms with E-state index in [4.69, 9.17) is 10.7 Å². The molecule has 1 aliphatic rings. The molecule has 3 heteroatoms. The molecule has 2 aromatic rings. The van der Waals surface area contributed by atoms with Crippen molar-refractivity contribution in [1.29, 1.82) is 0 Å². The molecule has 1 aromatic carbocycles. The highest BCUT2D eigenvalue weighted by Gasteiger charge is 2.27. The number of rotatable bonds is 2. The van der Waals surface area contributed by atoms with E-state index in [2.05, 4.69) is 43.1 Å². The summed E-state index contributed by atoms with van der Waals surface area (Å²) in [6.07, 6.45) is 4.83. The van der Waals surface area contributed by atoms with Crippen LogP contribution < -0.4 is 10.6 Å². The Morgan fingerprint density at radius 2 is 1.95 bits per heavy atom. The van der Waals surface area contributed by atoms with Gasteiger partial charge in [-0.15, -0.1) is 0 Å². The molecule has 1 aliphatic carbocycles. The second kappa shape index (κ2) is 5.41. The molecule has 1 fully saturated rings. The van der Waals surface area contributed by atoms with E-state index in [0.29, 0.717) is 6.04 Å². The maximum Gasteiger partial charge on any atom is 0.132 e. The Hall–Kier alpha value is -1.61. The zero-order valence-corrected chi connectivity index (χ0v) is 12.3. The van der Waals surface area contributed by atoms with Crippen LogP contribution >= 0.6 is 0 Å². The van der Waals surface area contributed by atoms with Gasteiger partial charge in [-0.3, -0.25) is 0 Å². The van der Waals surface area contributed by atoms with Crippen molar-refractivity contribution in [2.75, 3.05) is 11.9 Å². The number of anilines is 1. The van der Waals surface area contributed by atoms with Gasteiger partial charge in [0.2, 0.25) is 0 Å². The Kier molecular flexibility index (Phi) is 3.62. The van der Waals surface area contributed by atoms with Gasteiger partial charge in [0.25, 0.3) is 0 Å². The minimum atomic E-state index is 0.265. The van der Waals surface area contributed by atoms with E-state index in [1.165, 1.54) is 30.2 Å². The van der Waals surface area contributed by atoms with Crippen LogP contribution in [0.5, 0.6) is 0 Å². The van der Waals surface area contributed by atoms with Crippen LogP contribution in [0, 0.1) is 6.92 Å². The van der Waals surface area contributed by atoms with Crippen molar-refractivity contribution in [3.63, 3.8) is 0 Å². The number of benzene rings is 1. The van der Waals surface area contributed by atoms with Crippen LogP contribution in [0.25, 0.3) is 10.9 Å². The molecule has 20 heavy (non-hydrogen) atoms. The fraction of sp³-hybridized carbons (Fsp3) is 0.471. The number of nitrogens with two attached hydrogens (primary N) is 1. The molecule has 0 radical (unpaired) electrons. The third kappa shape index (κ3) is 2.38. The summed E-state index contributed by atoms with van der Waals surface area (Å²) in [7, 11) is 2.14. The molecule has 0 saturated heterocycles. The monoisotopic (exact) mass is 269 g/mol. The highest BCUT2D eigenvalue weighted by molar-refractivity contribution is 5.81. The first-order valence-electron chi connectivity index (χ1n) is 7.51. The molecule has 3 nitrogen and oxygen atoms in total. The number of fused-ring (bicyclic) bond motifs is 1. The molecule has 0 bridgehead atoms. The van der Waals surface area contributed by atoms with Crippen LogP contribution in [0.4, 0.5) is 5.82 Å². The van der Waals surface area contributed by atoms with Crippen LogP contribution in [-0.2, 0) is 0 Å². The summed E-state index contributed by atoms with van der Waals surface area (Å²) in [4.78, 5) is 7.15. The fourth-order valence-electron chi connectivity index (χ4n) is 3.35. The van der Waals surface area contributed by atoms with Crippen molar-refractivity contribution in [2.45, 2.75) is 44.7 Å². The van der Waals surface area contributed by atoms with Gasteiger partial charge in [-0.05, 0) is 37.5 Å². The lowest BCUT2D eigenvalue weighted by Crippen LogP contribution is -2.48. The van der Waals surface area contributed by atoms with E-state index in [0.717, 1.165) is 17.8 Å². The first-order chi connectivity index (χ1) is 9.66. The molecule has 2 unspecified atom stereocenters. The lowest BCUT2D eigenvalue weighted by molar-refractivity contribution is 0.372. The van der Waals surface area contributed by atoms with Crippen LogP contribution in [0.1, 0.15) is 31.2 Å². The molecule has 1 aromatic heterocycles. The predicted octanol–water partition coefficient (Wildman–Crippen LogP) is 3.25. The number of likely N-dealkylation sites (N-methyl/N-ethyl adjacent to an activating group) is 1. The van der Waals surface area contributed by atoms with Gasteiger partial charge in [-0.25, -0.2) is 4.98 Å². The zero-order chi connectivity index (χ0) is 14.1. The number of para-hydroxylation sites is 1. The second-order valence-electron chi connectivity index (χ2n) is 5.95. The normalized spacial score (nSPS) is 22.9. The summed E-state index contributed by atoms with van der Waals surface area (Å²) in [6.45, 7) is 2.14. The van der Waals surface area contributed by atoms with Gasteiger partial charge >= 0.3 is 0 Å². The second-order valence-corrected chi connectivity index (χ2v) is 5.95. The molecule has 1 heterocycles. The molecule has 3 rings (SSSR count). The largest absolute Gasteiger partial charge is 0.355 e. The summed E-state index contributed by atoms with van der Waals surface area (Å²) in [6, 6.07) is 11.2. The topological polar surface area (TPSA) is 42.2 Å². The molecule has 2 N–H and O–H groups in total. The molecule has 0 aliphatic heterocycles. The number of pyridine rings is 1. The average molecular weight is 269 g/mol. The molecule has 106 valence electrons. The SMILES string of the molecule is Cc1cc2ccccc2nc1N(C)C1CCCCC1N. The zero-order valence-electron chi connectivity index (χ0n) is 12.3. The van der Waals surface area contributed by atoms with Crippen molar-refractivity contribution in [1.82, 2.24) is 4.98 Å². The summed E-state index contributed by atoms with van der Waals surface area (Å²) in [5, 5.41) is 1.20. The van der Waals surface area contributed by atoms with E-state index in [1.807, 2.05) is 6.07 Å². The fourth-order valence-corrected chi connectivity index (χ4v) is 3.35. The first kappa shape index (κ1) is 13.4. The summed E-state index contributed by atoms with van der Waals surface area (Å²) in [5.41, 5.74) is 8.60. The maximum absolute atomic E-state index is 6.31. The standard InChI is InChI=1S/C17H23N3/c1-12-11-13-7-3-5-9-15(13)19-17(12)20(2)16-10-6-4-8-14(16)18/h3,5,7,9,11,14,16H,4,6,8,10,18H2,1-2H3. The predicted molar refractivity (Wildman–Crippen MR) is 85.1 cm³/mol. The quantitative estimate of drug-likeness (QED) is 0.910. The molecule has 1 saturated carbocycles. The van der Waals surface area contributed by atoms with Crippen LogP contribution in [-0.4, -0.2) is 24.1 Å². The average Bonchev–Trinajstić information content (AvgIpc) is 2.46. The number of hydrogen-bond donors (Lipinski definition) is 1. The van der Waals surface area contributed by atoms with E-state index >= 15 is 0 Å². The third-order valence-electron chi connectivity index (χ3n) is 4.50. The smallest absolute Gasteiger partial charge is 0.132 e. The Balaban J connectivity index is 1.98. The van der Waals surface area contributed by atoms with Crippen molar-refractivity contribution in [3.05, 3.63) is 35.9 Å². The van der Waals surface area contributed by atoms with Crippen molar-refractivity contribution in [3.8, 4) is 0 Å². The number of hydrogen-bond acceptors (Lipinski definition) is 3. The van der Waals surface area contributed by atoms with Gasteiger partial charge in [0.1, 0.15) is 5.82 Å². The van der Waals surface area contributed by atoms with E-state index in [1.54, 1.807) is 0 Å². The van der Waals surface area contributed by atoms with Crippen LogP contribution in [0.15, 0.2) is 30.3 Å². The number of nitrogens with zero attached hydrogens (tertiary/aromatic N) is 2. The van der Waals surface area contributed by atoms with Crippen LogP contribution in [0.2, 0.25) is 0 Å². The Bertz CT molecular complexity index is 608. The molecular weight excluding hydrogens is 246 g/mol. The summed E-state index contributed by atoms with van der Waals surface area (Å²) in [5.74, 6) is 1.08. The van der Waals surface area contributed by atoms with Gasteiger partial charge in [0, 0.05) is 24.5 Å². The number of aromatic nitrogens is 1. The molecule has 0 spiro atoms. The summed E-state index contributed by atoms with van der Waals surface area (Å²) < 4.78 is 0. The number of aryl methyl sites for hydroxylation is 1. The third-order valence-corrected chi connectivity index (χ3v) is 4.50. The summed E-state index contributed by atoms with van der Waals surface area (Å²) >= 11 is 0. The Morgan fingerprint density at radius 3 is 2.75 bits per heavy atom. The van der Waals surface area contributed by atoms with Gasteiger partial charge in [-0.1, -0.05) is 31.0 Å². The Morgan fingerprint density at radius 1 is 1.20 bits per heavy atom. The highest BCUT2D eigenvalue weighted by Crippen LogP contribution is 2.28. The van der Waals surface area contributed by atoms with Gasteiger partial charge in [-0.2, -0.15) is 0 Å². The first-order valence-corrected chi connectivity index (χ1v) is 7.51. The van der Waals surface area contributed by atoms with Gasteiger partial charge < -0.3 is 10.6 Å².